The first-order valence-corrected chi connectivity index (χ1v) is 8.68. The van der Waals surface area contributed by atoms with Crippen LogP contribution in [-0.4, -0.2) is 57.1 Å². The smallest absolute Gasteiger partial charge is 0.341 e. The molecule has 9 heteroatoms. The van der Waals surface area contributed by atoms with Gasteiger partial charge in [-0.25, -0.2) is 4.79 Å². The van der Waals surface area contributed by atoms with E-state index in [0.29, 0.717) is 0 Å². The third kappa shape index (κ3) is 3.04. The molecule has 0 spiro atoms. The predicted octanol–water partition coefficient (Wildman–Crippen LogP) is 1.69. The molecule has 0 atom stereocenters. The average Bonchev–Trinajstić information content (AvgIpc) is 2.75. The zero-order chi connectivity index (χ0) is 22.2. The zero-order valence-corrected chi connectivity index (χ0v) is 16.7. The molecule has 0 radical (unpaired) electrons. The molecule has 0 unspecified atom stereocenters. The Hall–Kier alpha value is -3.88. The lowest BCUT2D eigenvalue weighted by atomic mass is 9.80. The van der Waals surface area contributed by atoms with Crippen molar-refractivity contribution in [1.29, 1.82) is 0 Å². The third-order valence-electron chi connectivity index (χ3n) is 4.83. The summed E-state index contributed by atoms with van der Waals surface area (Å²) in [5.41, 5.74) is -1.11. The number of ketones is 2. The van der Waals surface area contributed by atoms with Crippen LogP contribution in [0, 0.1) is 0 Å². The standard InChI is InChI=1S/C21H18O9/c1-27-11-5-6-12(28-2)17-16(11)18(23)10-7-9(8-13(22)29-3)14(21(26)30-4)19(24)15(10)20(17)25/h5-7,24H,8H2,1-4H3. The number of hydrogen-bond acceptors (Lipinski definition) is 9. The Bertz CT molecular complexity index is 1100. The Morgan fingerprint density at radius 1 is 0.867 bits per heavy atom. The summed E-state index contributed by atoms with van der Waals surface area (Å²) in [6.07, 6.45) is -0.425. The van der Waals surface area contributed by atoms with Gasteiger partial charge in [-0.15, -0.1) is 0 Å². The summed E-state index contributed by atoms with van der Waals surface area (Å²) < 4.78 is 19.7. The van der Waals surface area contributed by atoms with Gasteiger partial charge >= 0.3 is 11.9 Å². The van der Waals surface area contributed by atoms with E-state index < -0.39 is 41.2 Å². The van der Waals surface area contributed by atoms with Crippen molar-refractivity contribution in [1.82, 2.24) is 0 Å². The van der Waals surface area contributed by atoms with Gasteiger partial charge in [0, 0.05) is 5.56 Å². The number of benzene rings is 2. The first kappa shape index (κ1) is 20.8. The summed E-state index contributed by atoms with van der Waals surface area (Å²) in [5.74, 6) is -3.57. The Labute approximate surface area is 171 Å². The highest BCUT2D eigenvalue weighted by Gasteiger charge is 2.39. The molecule has 2 aromatic rings. The fraction of sp³-hybridized carbons (Fsp3) is 0.238. The summed E-state index contributed by atoms with van der Waals surface area (Å²) in [6, 6.07) is 4.14. The van der Waals surface area contributed by atoms with E-state index in [4.69, 9.17) is 9.47 Å². The lowest BCUT2D eigenvalue weighted by molar-refractivity contribution is -0.139. The Balaban J connectivity index is 2.37. The summed E-state index contributed by atoms with van der Waals surface area (Å²) in [7, 11) is 4.91. The molecular weight excluding hydrogens is 396 g/mol. The van der Waals surface area contributed by atoms with Crippen LogP contribution in [-0.2, 0) is 20.7 Å². The fourth-order valence-corrected chi connectivity index (χ4v) is 3.44. The van der Waals surface area contributed by atoms with Gasteiger partial charge in [-0.05, 0) is 23.8 Å². The van der Waals surface area contributed by atoms with Crippen LogP contribution < -0.4 is 9.47 Å². The van der Waals surface area contributed by atoms with Crippen LogP contribution in [0.1, 0.15) is 47.8 Å². The van der Waals surface area contributed by atoms with Gasteiger partial charge < -0.3 is 24.1 Å². The Morgan fingerprint density at radius 2 is 1.43 bits per heavy atom. The summed E-state index contributed by atoms with van der Waals surface area (Å²) in [5, 5.41) is 10.8. The lowest BCUT2D eigenvalue weighted by Crippen LogP contribution is -2.25. The van der Waals surface area contributed by atoms with Crippen molar-refractivity contribution in [3.05, 3.63) is 51.6 Å². The minimum atomic E-state index is -0.974. The Kier molecular flexibility index (Phi) is 5.46. The molecular formula is C21H18O9. The second-order valence-corrected chi connectivity index (χ2v) is 6.30. The number of carbonyl (C=O) groups is 4. The second kappa shape index (κ2) is 7.86. The van der Waals surface area contributed by atoms with Crippen molar-refractivity contribution >= 4 is 23.5 Å². The van der Waals surface area contributed by atoms with Crippen LogP contribution in [0.3, 0.4) is 0 Å². The highest BCUT2D eigenvalue weighted by Crippen LogP contribution is 2.43. The number of fused-ring (bicyclic) bond motifs is 2. The topological polar surface area (TPSA) is 125 Å². The molecule has 0 amide bonds. The van der Waals surface area contributed by atoms with E-state index in [1.165, 1.54) is 32.4 Å². The number of esters is 2. The van der Waals surface area contributed by atoms with Crippen molar-refractivity contribution in [2.75, 3.05) is 28.4 Å². The molecule has 0 saturated carbocycles. The van der Waals surface area contributed by atoms with E-state index >= 15 is 0 Å². The van der Waals surface area contributed by atoms with Gasteiger partial charge in [-0.1, -0.05) is 0 Å². The summed E-state index contributed by atoms with van der Waals surface area (Å²) >= 11 is 0. The number of phenolic OH excluding ortho intramolecular Hbond substituents is 1. The maximum absolute atomic E-state index is 13.3. The maximum atomic E-state index is 13.3. The molecule has 0 bridgehead atoms. The van der Waals surface area contributed by atoms with E-state index in [0.717, 1.165) is 14.2 Å². The molecule has 1 aliphatic carbocycles. The molecule has 156 valence electrons. The van der Waals surface area contributed by atoms with E-state index in [1.807, 2.05) is 0 Å². The zero-order valence-electron chi connectivity index (χ0n) is 16.7. The van der Waals surface area contributed by atoms with Crippen LogP contribution in [0.15, 0.2) is 18.2 Å². The first-order chi connectivity index (χ1) is 14.3. The molecule has 9 nitrogen and oxygen atoms in total. The number of rotatable bonds is 5. The van der Waals surface area contributed by atoms with Gasteiger partial charge in [0.25, 0.3) is 0 Å². The van der Waals surface area contributed by atoms with Crippen LogP contribution >= 0.6 is 0 Å². The number of hydrogen-bond donors (Lipinski definition) is 1. The van der Waals surface area contributed by atoms with E-state index in [9.17, 15) is 24.3 Å². The molecule has 1 N–H and O–H groups in total. The van der Waals surface area contributed by atoms with Gasteiger partial charge in [0.05, 0.1) is 51.6 Å². The van der Waals surface area contributed by atoms with Crippen LogP contribution in [0.2, 0.25) is 0 Å². The number of methoxy groups -OCH3 is 4. The van der Waals surface area contributed by atoms with Gasteiger partial charge in [-0.3, -0.25) is 14.4 Å². The second-order valence-electron chi connectivity index (χ2n) is 6.30. The number of aromatic hydroxyl groups is 1. The molecule has 2 aromatic carbocycles. The van der Waals surface area contributed by atoms with E-state index in [2.05, 4.69) is 9.47 Å². The highest BCUT2D eigenvalue weighted by molar-refractivity contribution is 6.31. The molecule has 0 aliphatic heterocycles. The van der Waals surface area contributed by atoms with Gasteiger partial charge in [-0.2, -0.15) is 0 Å². The minimum absolute atomic E-state index is 0.0172. The minimum Gasteiger partial charge on any atom is -0.506 e. The third-order valence-corrected chi connectivity index (χ3v) is 4.83. The van der Waals surface area contributed by atoms with Crippen molar-refractivity contribution in [3.8, 4) is 17.2 Å². The summed E-state index contributed by atoms with van der Waals surface area (Å²) in [4.78, 5) is 50.7. The Morgan fingerprint density at radius 3 is 1.93 bits per heavy atom. The molecule has 0 aromatic heterocycles. The van der Waals surface area contributed by atoms with E-state index in [-0.39, 0.29) is 39.3 Å². The SMILES string of the molecule is COC(=O)Cc1cc2c(c(O)c1C(=O)OC)C(=O)c1c(OC)ccc(OC)c1C2=O. The largest absolute Gasteiger partial charge is 0.506 e. The molecule has 30 heavy (non-hydrogen) atoms. The molecule has 0 saturated heterocycles. The molecule has 3 rings (SSSR count). The summed E-state index contributed by atoms with van der Waals surface area (Å²) in [6.45, 7) is 0. The van der Waals surface area contributed by atoms with Crippen LogP contribution in [0.4, 0.5) is 0 Å². The normalized spacial score (nSPS) is 12.0. The van der Waals surface area contributed by atoms with Crippen LogP contribution in [0.5, 0.6) is 17.2 Å². The number of ether oxygens (including phenoxy) is 4. The van der Waals surface area contributed by atoms with Crippen molar-refractivity contribution in [2.24, 2.45) is 0 Å². The fourth-order valence-electron chi connectivity index (χ4n) is 3.44. The van der Waals surface area contributed by atoms with Gasteiger partial charge in [0.2, 0.25) is 5.78 Å². The maximum Gasteiger partial charge on any atom is 0.341 e. The van der Waals surface area contributed by atoms with Crippen molar-refractivity contribution in [2.45, 2.75) is 6.42 Å². The van der Waals surface area contributed by atoms with E-state index in [1.54, 1.807) is 0 Å². The molecule has 0 heterocycles. The predicted molar refractivity (Wildman–Crippen MR) is 102 cm³/mol. The highest BCUT2D eigenvalue weighted by atomic mass is 16.5. The molecule has 1 aliphatic rings. The lowest BCUT2D eigenvalue weighted by Gasteiger charge is -2.24. The monoisotopic (exact) mass is 414 g/mol. The van der Waals surface area contributed by atoms with Crippen molar-refractivity contribution < 1.29 is 43.2 Å². The van der Waals surface area contributed by atoms with Gasteiger partial charge in [0.15, 0.2) is 5.78 Å². The van der Waals surface area contributed by atoms with Crippen LogP contribution in [0.25, 0.3) is 0 Å². The molecule has 0 fully saturated rings. The number of phenols is 1. The quantitative estimate of drug-likeness (QED) is 0.621. The van der Waals surface area contributed by atoms with Crippen molar-refractivity contribution in [3.63, 3.8) is 0 Å². The first-order valence-electron chi connectivity index (χ1n) is 8.68. The van der Waals surface area contributed by atoms with Gasteiger partial charge in [0.1, 0.15) is 22.8 Å². The average molecular weight is 414 g/mol. The number of carbonyl (C=O) groups excluding carboxylic acids is 4.